The molecule has 28 heavy (non-hydrogen) atoms. The molecule has 1 spiro atoms. The summed E-state index contributed by atoms with van der Waals surface area (Å²) in [6.07, 6.45) is 5.22. The van der Waals surface area contributed by atoms with Crippen LogP contribution in [0.3, 0.4) is 0 Å². The van der Waals surface area contributed by atoms with Crippen LogP contribution >= 0.6 is 0 Å². The summed E-state index contributed by atoms with van der Waals surface area (Å²) in [4.78, 5) is 38.8. The highest BCUT2D eigenvalue weighted by atomic mass is 16.2. The zero-order valence-electron chi connectivity index (χ0n) is 16.9. The lowest BCUT2D eigenvalue weighted by atomic mass is 9.75. The maximum absolute atomic E-state index is 12.9. The van der Waals surface area contributed by atoms with E-state index in [1.165, 1.54) is 5.56 Å². The van der Waals surface area contributed by atoms with Gasteiger partial charge in [-0.15, -0.1) is 0 Å². The standard InChI is InChI=1S/C22H31N3O3/c1-3-16-10-12-22(13-11-16)20(27)25(21(28)24-22)15-19(26)23-14-17(4-2)18-8-6-5-7-9-18/h5-9,16-17H,3-4,10-15H2,1-2H3,(H,23,26)(H,24,28). The lowest BCUT2D eigenvalue weighted by Gasteiger charge is -2.34. The van der Waals surface area contributed by atoms with Crippen LogP contribution in [0.25, 0.3) is 0 Å². The molecule has 1 aliphatic heterocycles. The Morgan fingerprint density at radius 3 is 2.50 bits per heavy atom. The van der Waals surface area contributed by atoms with Crippen molar-refractivity contribution in [3.63, 3.8) is 0 Å². The number of hydrogen-bond donors (Lipinski definition) is 2. The number of nitrogens with zero attached hydrogens (tertiary/aromatic N) is 1. The third-order valence-electron chi connectivity index (χ3n) is 6.39. The summed E-state index contributed by atoms with van der Waals surface area (Å²) >= 11 is 0. The molecule has 1 aromatic rings. The highest BCUT2D eigenvalue weighted by molar-refractivity contribution is 6.09. The van der Waals surface area contributed by atoms with Crippen molar-refractivity contribution >= 4 is 17.8 Å². The molecule has 1 aliphatic carbocycles. The van der Waals surface area contributed by atoms with Gasteiger partial charge in [0.05, 0.1) is 0 Å². The average Bonchev–Trinajstić information content (AvgIpc) is 2.94. The molecule has 0 radical (unpaired) electrons. The number of carbonyl (C=O) groups is 3. The van der Waals surface area contributed by atoms with Gasteiger partial charge in [-0.2, -0.15) is 0 Å². The van der Waals surface area contributed by atoms with Gasteiger partial charge in [0, 0.05) is 12.5 Å². The van der Waals surface area contributed by atoms with Crippen molar-refractivity contribution in [2.45, 2.75) is 63.8 Å². The fourth-order valence-electron chi connectivity index (χ4n) is 4.40. The van der Waals surface area contributed by atoms with Crippen LogP contribution < -0.4 is 10.6 Å². The van der Waals surface area contributed by atoms with Crippen LogP contribution in [0.15, 0.2) is 30.3 Å². The summed E-state index contributed by atoms with van der Waals surface area (Å²) in [5, 5.41) is 5.77. The van der Waals surface area contributed by atoms with Gasteiger partial charge in [0.15, 0.2) is 0 Å². The maximum Gasteiger partial charge on any atom is 0.325 e. The number of amides is 4. The summed E-state index contributed by atoms with van der Waals surface area (Å²) in [6.45, 7) is 4.52. The minimum atomic E-state index is -0.793. The second-order valence-electron chi connectivity index (χ2n) is 8.08. The van der Waals surface area contributed by atoms with Crippen molar-refractivity contribution in [1.29, 1.82) is 0 Å². The van der Waals surface area contributed by atoms with Crippen molar-refractivity contribution in [2.75, 3.05) is 13.1 Å². The smallest absolute Gasteiger partial charge is 0.325 e. The van der Waals surface area contributed by atoms with E-state index in [1.807, 2.05) is 30.3 Å². The van der Waals surface area contributed by atoms with Gasteiger partial charge in [0.2, 0.25) is 5.91 Å². The summed E-state index contributed by atoms with van der Waals surface area (Å²) in [6, 6.07) is 9.60. The molecule has 152 valence electrons. The van der Waals surface area contributed by atoms with E-state index >= 15 is 0 Å². The van der Waals surface area contributed by atoms with Gasteiger partial charge in [-0.05, 0) is 43.6 Å². The third kappa shape index (κ3) is 4.21. The molecular formula is C22H31N3O3. The van der Waals surface area contributed by atoms with Gasteiger partial charge in [0.1, 0.15) is 12.1 Å². The normalized spacial score (nSPS) is 25.6. The molecule has 2 aliphatic rings. The number of imide groups is 1. The monoisotopic (exact) mass is 385 g/mol. The number of rotatable bonds is 7. The van der Waals surface area contributed by atoms with E-state index in [9.17, 15) is 14.4 Å². The first kappa shape index (κ1) is 20.4. The molecule has 1 saturated heterocycles. The summed E-state index contributed by atoms with van der Waals surface area (Å²) in [5.41, 5.74) is 0.380. The summed E-state index contributed by atoms with van der Waals surface area (Å²) < 4.78 is 0. The Morgan fingerprint density at radius 1 is 1.21 bits per heavy atom. The molecule has 1 unspecified atom stereocenters. The van der Waals surface area contributed by atoms with E-state index < -0.39 is 11.6 Å². The Labute approximate surface area is 167 Å². The van der Waals surface area contributed by atoms with Crippen LogP contribution in [0, 0.1) is 5.92 Å². The van der Waals surface area contributed by atoms with Crippen molar-refractivity contribution < 1.29 is 14.4 Å². The van der Waals surface area contributed by atoms with Crippen molar-refractivity contribution in [1.82, 2.24) is 15.5 Å². The van der Waals surface area contributed by atoms with Gasteiger partial charge >= 0.3 is 6.03 Å². The van der Waals surface area contributed by atoms with Crippen molar-refractivity contribution in [3.8, 4) is 0 Å². The highest BCUT2D eigenvalue weighted by Crippen LogP contribution is 2.37. The Morgan fingerprint density at radius 2 is 1.89 bits per heavy atom. The van der Waals surface area contributed by atoms with Crippen molar-refractivity contribution in [2.24, 2.45) is 5.92 Å². The minimum absolute atomic E-state index is 0.212. The van der Waals surface area contributed by atoms with Gasteiger partial charge in [-0.25, -0.2) is 4.79 Å². The molecule has 6 nitrogen and oxygen atoms in total. The number of nitrogens with one attached hydrogen (secondary N) is 2. The first-order valence-corrected chi connectivity index (χ1v) is 10.4. The fourth-order valence-corrected chi connectivity index (χ4v) is 4.40. The highest BCUT2D eigenvalue weighted by Gasteiger charge is 2.52. The van der Waals surface area contributed by atoms with Crippen LogP contribution in [0.1, 0.15) is 63.9 Å². The van der Waals surface area contributed by atoms with E-state index in [4.69, 9.17) is 0 Å². The van der Waals surface area contributed by atoms with Gasteiger partial charge < -0.3 is 10.6 Å². The number of carbonyl (C=O) groups excluding carboxylic acids is 3. The summed E-state index contributed by atoms with van der Waals surface area (Å²) in [7, 11) is 0. The Bertz CT molecular complexity index is 711. The quantitative estimate of drug-likeness (QED) is 0.708. The van der Waals surface area contributed by atoms with Gasteiger partial charge in [-0.1, -0.05) is 50.6 Å². The zero-order valence-corrected chi connectivity index (χ0v) is 16.9. The van der Waals surface area contributed by atoms with Gasteiger partial charge in [0.25, 0.3) is 5.91 Å². The number of hydrogen-bond acceptors (Lipinski definition) is 3. The molecule has 1 saturated carbocycles. The second kappa shape index (κ2) is 8.76. The van der Waals surface area contributed by atoms with Crippen molar-refractivity contribution in [3.05, 3.63) is 35.9 Å². The predicted octanol–water partition coefficient (Wildman–Crippen LogP) is 3.19. The minimum Gasteiger partial charge on any atom is -0.354 e. The molecule has 1 heterocycles. The molecule has 1 atom stereocenters. The Balaban J connectivity index is 1.55. The van der Waals surface area contributed by atoms with Crippen LogP contribution in [0.5, 0.6) is 0 Å². The Hall–Kier alpha value is -2.37. The molecule has 0 bridgehead atoms. The topological polar surface area (TPSA) is 78.5 Å². The molecule has 3 rings (SSSR count). The fraction of sp³-hybridized carbons (Fsp3) is 0.591. The Kier molecular flexibility index (Phi) is 6.37. The first-order chi connectivity index (χ1) is 13.5. The molecule has 2 fully saturated rings. The van der Waals surface area contributed by atoms with Crippen LogP contribution in [-0.4, -0.2) is 41.4 Å². The van der Waals surface area contributed by atoms with E-state index in [-0.39, 0.29) is 24.3 Å². The van der Waals surface area contributed by atoms with E-state index in [2.05, 4.69) is 24.5 Å². The average molecular weight is 386 g/mol. The maximum atomic E-state index is 12.9. The van der Waals surface area contributed by atoms with Gasteiger partial charge in [-0.3, -0.25) is 14.5 Å². The number of urea groups is 1. The van der Waals surface area contributed by atoms with E-state index in [0.29, 0.717) is 25.3 Å². The largest absolute Gasteiger partial charge is 0.354 e. The van der Waals surface area contributed by atoms with E-state index in [1.54, 1.807) is 0 Å². The first-order valence-electron chi connectivity index (χ1n) is 10.4. The molecule has 4 amide bonds. The van der Waals surface area contributed by atoms with Crippen LogP contribution in [0.2, 0.25) is 0 Å². The SMILES string of the molecule is CCC1CCC2(CC1)NC(=O)N(CC(=O)NCC(CC)c1ccccc1)C2=O. The molecule has 2 N–H and O–H groups in total. The van der Waals surface area contributed by atoms with Crippen LogP contribution in [-0.2, 0) is 9.59 Å². The zero-order chi connectivity index (χ0) is 20.1. The lowest BCUT2D eigenvalue weighted by molar-refractivity contribution is -0.136. The third-order valence-corrected chi connectivity index (χ3v) is 6.39. The molecule has 0 aromatic heterocycles. The second-order valence-corrected chi connectivity index (χ2v) is 8.08. The predicted molar refractivity (Wildman–Crippen MR) is 108 cm³/mol. The summed E-state index contributed by atoms with van der Waals surface area (Å²) in [5.74, 6) is 0.301. The molecule has 1 aromatic carbocycles. The van der Waals surface area contributed by atoms with E-state index in [0.717, 1.165) is 30.6 Å². The lowest BCUT2D eigenvalue weighted by Crippen LogP contribution is -2.50. The van der Waals surface area contributed by atoms with Crippen LogP contribution in [0.4, 0.5) is 4.79 Å². The molecule has 6 heteroatoms. The number of benzene rings is 1. The molecular weight excluding hydrogens is 354 g/mol.